The molecule has 0 amide bonds. The summed E-state index contributed by atoms with van der Waals surface area (Å²) in [5.74, 6) is -0.204. The van der Waals surface area contributed by atoms with E-state index >= 15 is 0 Å². The number of nitrogens with two attached hydrogens (primary N) is 1. The molecule has 2 N–H and O–H groups in total. The molecule has 0 saturated heterocycles. The molecule has 1 atom stereocenters. The van der Waals surface area contributed by atoms with Crippen molar-refractivity contribution >= 4 is 12.4 Å². The largest absolute Gasteiger partial charge is 0.324 e. The van der Waals surface area contributed by atoms with Crippen LogP contribution in [-0.2, 0) is 5.41 Å². The van der Waals surface area contributed by atoms with Gasteiger partial charge in [-0.05, 0) is 35.6 Å². The van der Waals surface area contributed by atoms with Gasteiger partial charge in [-0.1, -0.05) is 26.8 Å². The van der Waals surface area contributed by atoms with Gasteiger partial charge < -0.3 is 5.73 Å². The summed E-state index contributed by atoms with van der Waals surface area (Å²) in [6.07, 6.45) is 0. The standard InChI is InChI=1S/C12H18FN.ClH/c1-8(14)9-5-10(12(2,3)4)7-11(13)6-9;/h5-8H,14H2,1-4H3;1H/t8-;/m0./s1. The van der Waals surface area contributed by atoms with Crippen molar-refractivity contribution in [3.05, 3.63) is 35.1 Å². The lowest BCUT2D eigenvalue weighted by Gasteiger charge is -2.20. The van der Waals surface area contributed by atoms with E-state index in [4.69, 9.17) is 5.73 Å². The zero-order chi connectivity index (χ0) is 10.9. The molecule has 0 saturated carbocycles. The highest BCUT2D eigenvalue weighted by Gasteiger charge is 2.16. The molecule has 0 aliphatic carbocycles. The van der Waals surface area contributed by atoms with Crippen LogP contribution in [-0.4, -0.2) is 0 Å². The summed E-state index contributed by atoms with van der Waals surface area (Å²) in [7, 11) is 0. The van der Waals surface area contributed by atoms with E-state index in [0.717, 1.165) is 11.1 Å². The van der Waals surface area contributed by atoms with E-state index in [0.29, 0.717) is 0 Å². The number of hydrogen-bond donors (Lipinski definition) is 1. The fourth-order valence-corrected chi connectivity index (χ4v) is 1.31. The topological polar surface area (TPSA) is 26.0 Å². The third kappa shape index (κ3) is 3.80. The number of rotatable bonds is 1. The second-order valence-electron chi connectivity index (χ2n) is 4.81. The predicted octanol–water partition coefficient (Wildman–Crippen LogP) is 3.56. The lowest BCUT2D eigenvalue weighted by atomic mass is 9.85. The van der Waals surface area contributed by atoms with E-state index in [1.165, 1.54) is 6.07 Å². The lowest BCUT2D eigenvalue weighted by Crippen LogP contribution is -2.14. The maximum Gasteiger partial charge on any atom is 0.123 e. The third-order valence-electron chi connectivity index (χ3n) is 2.31. The molecule has 3 heteroatoms. The SMILES string of the molecule is C[C@H](N)c1cc(F)cc(C(C)(C)C)c1.Cl. The Kier molecular flexibility index (Phi) is 4.75. The van der Waals surface area contributed by atoms with Crippen LogP contribution in [0.2, 0.25) is 0 Å². The molecule has 1 aromatic carbocycles. The summed E-state index contributed by atoms with van der Waals surface area (Å²) in [5, 5.41) is 0. The summed E-state index contributed by atoms with van der Waals surface area (Å²) in [4.78, 5) is 0. The Hall–Kier alpha value is -0.600. The molecule has 0 radical (unpaired) electrons. The highest BCUT2D eigenvalue weighted by atomic mass is 35.5. The van der Waals surface area contributed by atoms with Gasteiger partial charge in [-0.25, -0.2) is 4.39 Å². The van der Waals surface area contributed by atoms with Crippen molar-refractivity contribution in [2.45, 2.75) is 39.2 Å². The first-order chi connectivity index (χ1) is 6.30. The second kappa shape index (κ2) is 4.95. The van der Waals surface area contributed by atoms with Gasteiger partial charge in [0, 0.05) is 6.04 Å². The Morgan fingerprint density at radius 3 is 2.13 bits per heavy atom. The maximum atomic E-state index is 13.3. The first kappa shape index (κ1) is 14.4. The van der Waals surface area contributed by atoms with Gasteiger partial charge in [0.25, 0.3) is 0 Å². The molecule has 0 unspecified atom stereocenters. The molecule has 0 aliphatic heterocycles. The van der Waals surface area contributed by atoms with Crippen LogP contribution < -0.4 is 5.73 Å². The fourth-order valence-electron chi connectivity index (χ4n) is 1.31. The normalized spacial score (nSPS) is 13.2. The van der Waals surface area contributed by atoms with Crippen LogP contribution in [0.3, 0.4) is 0 Å². The average molecular weight is 232 g/mol. The minimum absolute atomic E-state index is 0. The van der Waals surface area contributed by atoms with Crippen LogP contribution >= 0.6 is 12.4 Å². The molecule has 0 aliphatic rings. The molecule has 0 bridgehead atoms. The number of halogens is 2. The lowest BCUT2D eigenvalue weighted by molar-refractivity contribution is 0.568. The van der Waals surface area contributed by atoms with E-state index in [1.54, 1.807) is 6.07 Å². The second-order valence-corrected chi connectivity index (χ2v) is 4.81. The minimum Gasteiger partial charge on any atom is -0.324 e. The van der Waals surface area contributed by atoms with Crippen molar-refractivity contribution in [2.75, 3.05) is 0 Å². The molecule has 15 heavy (non-hydrogen) atoms. The van der Waals surface area contributed by atoms with Crippen molar-refractivity contribution in [3.63, 3.8) is 0 Å². The Balaban J connectivity index is 0.00000196. The Labute approximate surface area is 97.3 Å². The fraction of sp³-hybridized carbons (Fsp3) is 0.500. The average Bonchev–Trinajstić information content (AvgIpc) is 2.01. The van der Waals surface area contributed by atoms with Gasteiger partial charge in [-0.2, -0.15) is 0 Å². The van der Waals surface area contributed by atoms with Crippen LogP contribution in [0.4, 0.5) is 4.39 Å². The summed E-state index contributed by atoms with van der Waals surface area (Å²) in [6, 6.07) is 4.94. The van der Waals surface area contributed by atoms with Gasteiger partial charge in [0.05, 0.1) is 0 Å². The van der Waals surface area contributed by atoms with Gasteiger partial charge in [0.2, 0.25) is 0 Å². The molecule has 1 rings (SSSR count). The highest BCUT2D eigenvalue weighted by Crippen LogP contribution is 2.25. The van der Waals surface area contributed by atoms with E-state index in [-0.39, 0.29) is 29.7 Å². The van der Waals surface area contributed by atoms with Crippen LogP contribution in [0, 0.1) is 5.82 Å². The van der Waals surface area contributed by atoms with E-state index in [1.807, 2.05) is 13.0 Å². The van der Waals surface area contributed by atoms with Gasteiger partial charge in [0.15, 0.2) is 0 Å². The molecule has 0 aromatic heterocycles. The summed E-state index contributed by atoms with van der Waals surface area (Å²) >= 11 is 0. The van der Waals surface area contributed by atoms with E-state index < -0.39 is 0 Å². The maximum absolute atomic E-state index is 13.3. The Morgan fingerprint density at radius 1 is 1.20 bits per heavy atom. The number of benzene rings is 1. The van der Waals surface area contributed by atoms with Crippen LogP contribution in [0.25, 0.3) is 0 Å². The molecule has 0 spiro atoms. The van der Waals surface area contributed by atoms with Crippen molar-refractivity contribution < 1.29 is 4.39 Å². The predicted molar refractivity (Wildman–Crippen MR) is 65.0 cm³/mol. The summed E-state index contributed by atoms with van der Waals surface area (Å²) < 4.78 is 13.3. The van der Waals surface area contributed by atoms with Crippen LogP contribution in [0.5, 0.6) is 0 Å². The molecule has 0 heterocycles. The van der Waals surface area contributed by atoms with Crippen LogP contribution in [0.15, 0.2) is 18.2 Å². The first-order valence-corrected chi connectivity index (χ1v) is 4.87. The van der Waals surface area contributed by atoms with Gasteiger partial charge in [-0.3, -0.25) is 0 Å². The highest BCUT2D eigenvalue weighted by molar-refractivity contribution is 5.85. The van der Waals surface area contributed by atoms with E-state index in [9.17, 15) is 4.39 Å². The van der Waals surface area contributed by atoms with Crippen LogP contribution in [0.1, 0.15) is 44.9 Å². The molecular formula is C12H19ClFN. The zero-order valence-electron chi connectivity index (χ0n) is 9.67. The number of hydrogen-bond acceptors (Lipinski definition) is 1. The zero-order valence-corrected chi connectivity index (χ0v) is 10.5. The van der Waals surface area contributed by atoms with Gasteiger partial charge >= 0.3 is 0 Å². The van der Waals surface area contributed by atoms with Crippen molar-refractivity contribution in [3.8, 4) is 0 Å². The van der Waals surface area contributed by atoms with Crippen molar-refractivity contribution in [1.29, 1.82) is 0 Å². The minimum atomic E-state index is -0.204. The monoisotopic (exact) mass is 231 g/mol. The smallest absolute Gasteiger partial charge is 0.123 e. The quantitative estimate of drug-likeness (QED) is 0.786. The first-order valence-electron chi connectivity index (χ1n) is 4.87. The molecular weight excluding hydrogens is 213 g/mol. The van der Waals surface area contributed by atoms with Crippen molar-refractivity contribution in [2.24, 2.45) is 5.73 Å². The molecule has 86 valence electrons. The van der Waals surface area contributed by atoms with Gasteiger partial charge in [0.1, 0.15) is 5.82 Å². The molecule has 1 aromatic rings. The van der Waals surface area contributed by atoms with Gasteiger partial charge in [-0.15, -0.1) is 12.4 Å². The third-order valence-corrected chi connectivity index (χ3v) is 2.31. The molecule has 1 nitrogen and oxygen atoms in total. The molecule has 0 fully saturated rings. The summed E-state index contributed by atoms with van der Waals surface area (Å²) in [6.45, 7) is 8.05. The Bertz CT molecular complexity index is 329. The van der Waals surface area contributed by atoms with E-state index in [2.05, 4.69) is 20.8 Å². The summed E-state index contributed by atoms with van der Waals surface area (Å²) in [5.41, 5.74) is 7.54. The Morgan fingerprint density at radius 2 is 1.73 bits per heavy atom. The van der Waals surface area contributed by atoms with Crippen molar-refractivity contribution in [1.82, 2.24) is 0 Å².